The van der Waals surface area contributed by atoms with Gasteiger partial charge in [0.05, 0.1) is 10.6 Å². The lowest BCUT2D eigenvalue weighted by Crippen LogP contribution is -2.20. The predicted octanol–water partition coefficient (Wildman–Crippen LogP) is 2.23. The SMILES string of the molecule is O=S1(=O)CCc2ccc(NCC3CCC3)cc21. The van der Waals surface area contributed by atoms with Gasteiger partial charge in [-0.15, -0.1) is 0 Å². The highest BCUT2D eigenvalue weighted by Gasteiger charge is 2.26. The molecule has 1 fully saturated rings. The van der Waals surface area contributed by atoms with Crippen LogP contribution in [0.25, 0.3) is 0 Å². The lowest BCUT2D eigenvalue weighted by molar-refractivity contribution is 0.333. The number of benzene rings is 1. The van der Waals surface area contributed by atoms with Crippen molar-refractivity contribution >= 4 is 15.5 Å². The molecule has 0 bridgehead atoms. The van der Waals surface area contributed by atoms with E-state index < -0.39 is 9.84 Å². The molecule has 3 nitrogen and oxygen atoms in total. The van der Waals surface area contributed by atoms with E-state index in [1.807, 2.05) is 12.1 Å². The third-order valence-electron chi connectivity index (χ3n) is 3.86. The summed E-state index contributed by atoms with van der Waals surface area (Å²) in [5, 5.41) is 3.35. The monoisotopic (exact) mass is 251 g/mol. The van der Waals surface area contributed by atoms with E-state index >= 15 is 0 Å². The van der Waals surface area contributed by atoms with Crippen LogP contribution in [0.15, 0.2) is 23.1 Å². The second kappa shape index (κ2) is 4.02. The summed E-state index contributed by atoms with van der Waals surface area (Å²) in [6, 6.07) is 5.75. The highest BCUT2D eigenvalue weighted by molar-refractivity contribution is 7.91. The number of hydrogen-bond acceptors (Lipinski definition) is 3. The molecule has 2 aliphatic rings. The number of hydrogen-bond donors (Lipinski definition) is 1. The van der Waals surface area contributed by atoms with Gasteiger partial charge in [-0.25, -0.2) is 8.42 Å². The summed E-state index contributed by atoms with van der Waals surface area (Å²) < 4.78 is 23.6. The van der Waals surface area contributed by atoms with E-state index in [1.165, 1.54) is 19.3 Å². The zero-order valence-corrected chi connectivity index (χ0v) is 10.6. The molecule has 0 amide bonds. The molecule has 0 spiro atoms. The van der Waals surface area contributed by atoms with Crippen LogP contribution in [-0.2, 0) is 16.3 Å². The van der Waals surface area contributed by atoms with Gasteiger partial charge in [0, 0.05) is 12.2 Å². The fourth-order valence-electron chi connectivity index (χ4n) is 2.47. The minimum Gasteiger partial charge on any atom is -0.385 e. The molecule has 3 rings (SSSR count). The molecule has 1 aliphatic heterocycles. The third-order valence-corrected chi connectivity index (χ3v) is 5.65. The van der Waals surface area contributed by atoms with Gasteiger partial charge in [-0.2, -0.15) is 0 Å². The second-order valence-electron chi connectivity index (χ2n) is 5.07. The van der Waals surface area contributed by atoms with Crippen molar-refractivity contribution in [3.8, 4) is 0 Å². The van der Waals surface area contributed by atoms with Crippen LogP contribution in [0.5, 0.6) is 0 Å². The molecule has 0 radical (unpaired) electrons. The van der Waals surface area contributed by atoms with Crippen molar-refractivity contribution in [3.05, 3.63) is 23.8 Å². The molecule has 4 heteroatoms. The number of sulfone groups is 1. The predicted molar refractivity (Wildman–Crippen MR) is 68.0 cm³/mol. The van der Waals surface area contributed by atoms with E-state index in [0.29, 0.717) is 11.3 Å². The van der Waals surface area contributed by atoms with E-state index in [0.717, 1.165) is 23.7 Å². The highest BCUT2D eigenvalue weighted by Crippen LogP contribution is 2.30. The molecule has 0 saturated heterocycles. The standard InChI is InChI=1S/C13H17NO2S/c15-17(16)7-6-11-4-5-12(8-13(11)17)14-9-10-2-1-3-10/h4-5,8,10,14H,1-3,6-7,9H2. The van der Waals surface area contributed by atoms with Gasteiger partial charge < -0.3 is 5.32 Å². The molecule has 1 N–H and O–H groups in total. The van der Waals surface area contributed by atoms with Gasteiger partial charge in [0.2, 0.25) is 0 Å². The van der Waals surface area contributed by atoms with Gasteiger partial charge in [0.1, 0.15) is 0 Å². The lowest BCUT2D eigenvalue weighted by atomic mass is 9.85. The zero-order chi connectivity index (χ0) is 11.9. The second-order valence-corrected chi connectivity index (χ2v) is 7.15. The molecule has 1 saturated carbocycles. The largest absolute Gasteiger partial charge is 0.385 e. The first-order chi connectivity index (χ1) is 8.15. The van der Waals surface area contributed by atoms with E-state index in [2.05, 4.69) is 5.32 Å². The molecule has 92 valence electrons. The fraction of sp³-hybridized carbons (Fsp3) is 0.538. The molecule has 0 atom stereocenters. The molecule has 1 aromatic carbocycles. The van der Waals surface area contributed by atoms with Crippen LogP contribution < -0.4 is 5.32 Å². The molecular weight excluding hydrogens is 234 g/mol. The Kier molecular flexibility index (Phi) is 2.62. The summed E-state index contributed by atoms with van der Waals surface area (Å²) in [6.45, 7) is 0.971. The molecule has 1 aromatic rings. The maximum Gasteiger partial charge on any atom is 0.179 e. The van der Waals surface area contributed by atoms with Crippen molar-refractivity contribution in [2.75, 3.05) is 17.6 Å². The maximum absolute atomic E-state index is 11.8. The van der Waals surface area contributed by atoms with Gasteiger partial charge in [-0.05, 0) is 42.9 Å². The quantitative estimate of drug-likeness (QED) is 0.896. The van der Waals surface area contributed by atoms with E-state index in [1.54, 1.807) is 6.07 Å². The third kappa shape index (κ3) is 2.06. The van der Waals surface area contributed by atoms with Crippen molar-refractivity contribution < 1.29 is 8.42 Å². The Morgan fingerprint density at radius 3 is 2.82 bits per heavy atom. The highest BCUT2D eigenvalue weighted by atomic mass is 32.2. The van der Waals surface area contributed by atoms with Crippen LogP contribution in [-0.4, -0.2) is 20.7 Å². The Bertz CT molecular complexity index is 532. The van der Waals surface area contributed by atoms with Crippen molar-refractivity contribution in [3.63, 3.8) is 0 Å². The van der Waals surface area contributed by atoms with Crippen LogP contribution in [0, 0.1) is 5.92 Å². The van der Waals surface area contributed by atoms with E-state index in [-0.39, 0.29) is 5.75 Å². The van der Waals surface area contributed by atoms with E-state index in [4.69, 9.17) is 0 Å². The molecule has 1 aliphatic carbocycles. The van der Waals surface area contributed by atoms with Gasteiger partial charge in [-0.1, -0.05) is 12.5 Å². The summed E-state index contributed by atoms with van der Waals surface area (Å²) >= 11 is 0. The van der Waals surface area contributed by atoms with Crippen LogP contribution in [0.1, 0.15) is 24.8 Å². The van der Waals surface area contributed by atoms with Crippen LogP contribution in [0.2, 0.25) is 0 Å². The van der Waals surface area contributed by atoms with Gasteiger partial charge >= 0.3 is 0 Å². The van der Waals surface area contributed by atoms with Gasteiger partial charge in [0.25, 0.3) is 0 Å². The van der Waals surface area contributed by atoms with Crippen molar-refractivity contribution in [2.45, 2.75) is 30.6 Å². The minimum absolute atomic E-state index is 0.272. The number of anilines is 1. The van der Waals surface area contributed by atoms with Gasteiger partial charge in [-0.3, -0.25) is 0 Å². The number of rotatable bonds is 3. The van der Waals surface area contributed by atoms with Gasteiger partial charge in [0.15, 0.2) is 9.84 Å². The molecule has 0 aromatic heterocycles. The Hall–Kier alpha value is -1.03. The van der Waals surface area contributed by atoms with Crippen molar-refractivity contribution in [1.29, 1.82) is 0 Å². The number of aryl methyl sites for hydroxylation is 1. The molecule has 0 unspecified atom stereocenters. The van der Waals surface area contributed by atoms with Crippen molar-refractivity contribution in [2.24, 2.45) is 5.92 Å². The summed E-state index contributed by atoms with van der Waals surface area (Å²) in [5.41, 5.74) is 1.92. The number of fused-ring (bicyclic) bond motifs is 1. The zero-order valence-electron chi connectivity index (χ0n) is 9.78. The topological polar surface area (TPSA) is 46.2 Å². The maximum atomic E-state index is 11.8. The van der Waals surface area contributed by atoms with Crippen LogP contribution in [0.4, 0.5) is 5.69 Å². The first-order valence-corrected chi connectivity index (χ1v) is 7.90. The van der Waals surface area contributed by atoms with E-state index in [9.17, 15) is 8.42 Å². The summed E-state index contributed by atoms with van der Waals surface area (Å²) in [5.74, 6) is 1.05. The Balaban J connectivity index is 1.78. The molecular formula is C13H17NO2S. The first-order valence-electron chi connectivity index (χ1n) is 6.25. The summed E-state index contributed by atoms with van der Waals surface area (Å²) in [6.07, 6.45) is 4.61. The average molecular weight is 251 g/mol. The summed E-state index contributed by atoms with van der Waals surface area (Å²) in [7, 11) is -3.00. The molecule has 1 heterocycles. The Labute approximate surface area is 102 Å². The Morgan fingerprint density at radius 1 is 1.29 bits per heavy atom. The Morgan fingerprint density at radius 2 is 2.12 bits per heavy atom. The number of nitrogens with one attached hydrogen (secondary N) is 1. The normalized spacial score (nSPS) is 21.9. The summed E-state index contributed by atoms with van der Waals surface area (Å²) in [4.78, 5) is 0.538. The fourth-order valence-corrected chi connectivity index (χ4v) is 4.06. The first kappa shape index (κ1) is 11.1. The smallest absolute Gasteiger partial charge is 0.179 e. The van der Waals surface area contributed by atoms with Crippen LogP contribution >= 0.6 is 0 Å². The minimum atomic E-state index is -3.00. The lowest BCUT2D eigenvalue weighted by Gasteiger charge is -2.25. The van der Waals surface area contributed by atoms with Crippen molar-refractivity contribution in [1.82, 2.24) is 0 Å². The molecule has 17 heavy (non-hydrogen) atoms. The average Bonchev–Trinajstić information content (AvgIpc) is 2.53. The van der Waals surface area contributed by atoms with Crippen LogP contribution in [0.3, 0.4) is 0 Å².